The third-order valence-electron chi connectivity index (χ3n) is 3.08. The van der Waals surface area contributed by atoms with E-state index in [-0.39, 0.29) is 0 Å². The maximum atomic E-state index is 4.04. The molecule has 0 aliphatic heterocycles. The van der Waals surface area contributed by atoms with Gasteiger partial charge in [0.25, 0.3) is 0 Å². The molecule has 2 rings (SSSR count). The van der Waals surface area contributed by atoms with Crippen LogP contribution >= 0.6 is 0 Å². The molecule has 0 N–H and O–H groups in total. The second-order valence-electron chi connectivity index (χ2n) is 4.93. The van der Waals surface area contributed by atoms with Crippen molar-refractivity contribution in [3.63, 3.8) is 0 Å². The Hall–Kier alpha value is -1.70. The molecule has 0 aliphatic carbocycles. The molecule has 20 heavy (non-hydrogen) atoms. The lowest BCUT2D eigenvalue weighted by atomic mass is 10.1. The summed E-state index contributed by atoms with van der Waals surface area (Å²) in [5.41, 5.74) is 2.70. The predicted molar refractivity (Wildman–Crippen MR) is 85.7 cm³/mol. The Morgan fingerprint density at radius 3 is 1.50 bits per heavy atom. The van der Waals surface area contributed by atoms with Crippen LogP contribution in [0.25, 0.3) is 0 Å². The minimum absolute atomic E-state index is 1.17. The third-order valence-corrected chi connectivity index (χ3v) is 3.08. The van der Waals surface area contributed by atoms with Crippen molar-refractivity contribution in [2.24, 2.45) is 0 Å². The van der Waals surface area contributed by atoms with Crippen LogP contribution in [0, 0.1) is 0 Å². The lowest BCUT2D eigenvalue weighted by Crippen LogP contribution is -1.83. The van der Waals surface area contributed by atoms with Crippen LogP contribution in [-0.4, -0.2) is 9.97 Å². The van der Waals surface area contributed by atoms with E-state index in [1.165, 1.54) is 49.7 Å². The summed E-state index contributed by atoms with van der Waals surface area (Å²) in [5, 5.41) is 0. The van der Waals surface area contributed by atoms with Gasteiger partial charge in [-0.3, -0.25) is 9.97 Å². The average Bonchev–Trinajstić information content (AvgIpc) is 2.53. The molecule has 0 amide bonds. The number of aromatic nitrogens is 2. The highest BCUT2D eigenvalue weighted by atomic mass is 14.6. The molecule has 0 atom stereocenters. The largest absolute Gasteiger partial charge is 0.264 e. The first-order valence-corrected chi connectivity index (χ1v) is 7.64. The molecule has 0 spiro atoms. The molecule has 2 aromatic heterocycles. The van der Waals surface area contributed by atoms with E-state index in [1.807, 2.05) is 36.9 Å². The molecule has 0 unspecified atom stereocenters. The van der Waals surface area contributed by atoms with Crippen molar-refractivity contribution >= 4 is 0 Å². The van der Waals surface area contributed by atoms with Crippen molar-refractivity contribution in [3.8, 4) is 0 Å². The quantitative estimate of drug-likeness (QED) is 0.750. The van der Waals surface area contributed by atoms with Crippen LogP contribution in [0.5, 0.6) is 0 Å². The van der Waals surface area contributed by atoms with Crippen LogP contribution in [-0.2, 0) is 12.8 Å². The molecule has 0 fully saturated rings. The van der Waals surface area contributed by atoms with Crippen molar-refractivity contribution in [3.05, 3.63) is 60.2 Å². The molecular formula is C18H26N2. The van der Waals surface area contributed by atoms with Crippen LogP contribution in [0.2, 0.25) is 0 Å². The van der Waals surface area contributed by atoms with Crippen molar-refractivity contribution in [2.75, 3.05) is 0 Å². The van der Waals surface area contributed by atoms with Crippen LogP contribution in [0.3, 0.4) is 0 Å². The highest BCUT2D eigenvalue weighted by Gasteiger charge is 1.89. The molecule has 0 aromatic carbocycles. The fraction of sp³-hybridized carbons (Fsp3) is 0.444. The van der Waals surface area contributed by atoms with Gasteiger partial charge in [0.05, 0.1) is 0 Å². The summed E-state index contributed by atoms with van der Waals surface area (Å²) in [7, 11) is 0. The van der Waals surface area contributed by atoms with Crippen LogP contribution in [0.4, 0.5) is 0 Å². The van der Waals surface area contributed by atoms with Gasteiger partial charge in [-0.2, -0.15) is 0 Å². The zero-order valence-corrected chi connectivity index (χ0v) is 12.8. The monoisotopic (exact) mass is 270 g/mol. The zero-order chi connectivity index (χ0) is 14.5. The van der Waals surface area contributed by atoms with E-state index < -0.39 is 0 Å². The number of pyridine rings is 2. The molecule has 2 heterocycles. The zero-order valence-electron chi connectivity index (χ0n) is 12.8. The smallest absolute Gasteiger partial charge is 0.0299 e. The summed E-state index contributed by atoms with van der Waals surface area (Å²) >= 11 is 0. The summed E-state index contributed by atoms with van der Waals surface area (Å²) in [5.74, 6) is 0. The molecular weight excluding hydrogens is 244 g/mol. The van der Waals surface area contributed by atoms with Gasteiger partial charge in [-0.15, -0.1) is 0 Å². The van der Waals surface area contributed by atoms with Gasteiger partial charge in [-0.1, -0.05) is 38.8 Å². The lowest BCUT2D eigenvalue weighted by molar-refractivity contribution is 0.792. The SMILES string of the molecule is CCCCc1cccnc1.CCCCc1cccnc1. The maximum Gasteiger partial charge on any atom is 0.0299 e. The molecule has 0 bridgehead atoms. The van der Waals surface area contributed by atoms with Gasteiger partial charge in [0.2, 0.25) is 0 Å². The Kier molecular flexibility index (Phi) is 9.12. The Labute approximate surface area is 123 Å². The predicted octanol–water partition coefficient (Wildman–Crippen LogP) is 4.85. The number of nitrogens with zero attached hydrogens (tertiary/aromatic N) is 2. The highest BCUT2D eigenvalue weighted by molar-refractivity contribution is 5.08. The molecule has 2 aromatic rings. The average molecular weight is 270 g/mol. The first kappa shape index (κ1) is 16.4. The number of rotatable bonds is 6. The molecule has 0 saturated carbocycles. The van der Waals surface area contributed by atoms with E-state index in [0.717, 1.165) is 0 Å². The van der Waals surface area contributed by atoms with Crippen molar-refractivity contribution < 1.29 is 0 Å². The van der Waals surface area contributed by atoms with Gasteiger partial charge < -0.3 is 0 Å². The van der Waals surface area contributed by atoms with Gasteiger partial charge in [-0.05, 0) is 48.9 Å². The topological polar surface area (TPSA) is 25.8 Å². The summed E-state index contributed by atoms with van der Waals surface area (Å²) in [6, 6.07) is 8.24. The number of hydrogen-bond acceptors (Lipinski definition) is 2. The van der Waals surface area contributed by atoms with Crippen molar-refractivity contribution in [2.45, 2.75) is 52.4 Å². The Morgan fingerprint density at radius 2 is 1.20 bits per heavy atom. The lowest BCUT2D eigenvalue weighted by Gasteiger charge is -1.95. The third kappa shape index (κ3) is 7.67. The number of aryl methyl sites for hydroxylation is 2. The Balaban J connectivity index is 0.000000200. The summed E-state index contributed by atoms with van der Waals surface area (Å²) < 4.78 is 0. The maximum absolute atomic E-state index is 4.04. The van der Waals surface area contributed by atoms with Gasteiger partial charge in [0.1, 0.15) is 0 Å². The van der Waals surface area contributed by atoms with Crippen LogP contribution in [0.1, 0.15) is 50.7 Å². The standard InChI is InChI=1S/2C9H13N/c2*1-2-3-5-9-6-4-7-10-8-9/h2*4,6-8H,2-3,5H2,1H3. The fourth-order valence-electron chi connectivity index (χ4n) is 1.85. The minimum Gasteiger partial charge on any atom is -0.264 e. The highest BCUT2D eigenvalue weighted by Crippen LogP contribution is 2.02. The van der Waals surface area contributed by atoms with E-state index in [4.69, 9.17) is 0 Å². The Morgan fingerprint density at radius 1 is 0.750 bits per heavy atom. The molecule has 108 valence electrons. The second kappa shape index (κ2) is 11.2. The molecule has 0 radical (unpaired) electrons. The second-order valence-corrected chi connectivity index (χ2v) is 4.93. The fourth-order valence-corrected chi connectivity index (χ4v) is 1.85. The molecule has 0 aliphatic rings. The molecule has 2 heteroatoms. The first-order valence-electron chi connectivity index (χ1n) is 7.64. The Bertz CT molecular complexity index is 382. The van der Waals surface area contributed by atoms with Crippen molar-refractivity contribution in [1.82, 2.24) is 9.97 Å². The van der Waals surface area contributed by atoms with E-state index in [9.17, 15) is 0 Å². The molecule has 2 nitrogen and oxygen atoms in total. The van der Waals surface area contributed by atoms with Gasteiger partial charge >= 0.3 is 0 Å². The van der Waals surface area contributed by atoms with Crippen molar-refractivity contribution in [1.29, 1.82) is 0 Å². The molecule has 0 saturated heterocycles. The summed E-state index contributed by atoms with van der Waals surface area (Å²) in [4.78, 5) is 8.08. The number of unbranched alkanes of at least 4 members (excludes halogenated alkanes) is 2. The summed E-state index contributed by atoms with van der Waals surface area (Å²) in [6.07, 6.45) is 14.9. The van der Waals surface area contributed by atoms with E-state index in [2.05, 4.69) is 35.9 Å². The summed E-state index contributed by atoms with van der Waals surface area (Å²) in [6.45, 7) is 4.41. The first-order chi connectivity index (χ1) is 9.86. The van der Waals surface area contributed by atoms with E-state index in [0.29, 0.717) is 0 Å². The number of hydrogen-bond donors (Lipinski definition) is 0. The van der Waals surface area contributed by atoms with Gasteiger partial charge in [-0.25, -0.2) is 0 Å². The van der Waals surface area contributed by atoms with Crippen LogP contribution in [0.15, 0.2) is 49.1 Å². The van der Waals surface area contributed by atoms with Gasteiger partial charge in [0.15, 0.2) is 0 Å². The van der Waals surface area contributed by atoms with Gasteiger partial charge in [0, 0.05) is 24.8 Å². The normalized spacial score (nSPS) is 9.70. The van der Waals surface area contributed by atoms with Crippen LogP contribution < -0.4 is 0 Å². The minimum atomic E-state index is 1.17. The van der Waals surface area contributed by atoms with E-state index >= 15 is 0 Å². The van der Waals surface area contributed by atoms with E-state index in [1.54, 1.807) is 0 Å².